The van der Waals surface area contributed by atoms with Crippen LogP contribution in [0.5, 0.6) is 0 Å². The van der Waals surface area contributed by atoms with Crippen LogP contribution in [0.15, 0.2) is 12.4 Å². The van der Waals surface area contributed by atoms with E-state index in [0.29, 0.717) is 25.0 Å². The topological polar surface area (TPSA) is 58.4 Å². The first kappa shape index (κ1) is 16.6. The molecule has 0 N–H and O–H groups in total. The fourth-order valence-corrected chi connectivity index (χ4v) is 4.88. The summed E-state index contributed by atoms with van der Waals surface area (Å²) in [5.74, 6) is 1.22. The van der Waals surface area contributed by atoms with E-state index in [-0.39, 0.29) is 17.7 Å². The smallest absolute Gasteiger partial charge is 0.228 e. The van der Waals surface area contributed by atoms with Crippen LogP contribution in [0.1, 0.15) is 56.8 Å². The van der Waals surface area contributed by atoms with Gasteiger partial charge in [0.25, 0.3) is 0 Å². The second-order valence-electron chi connectivity index (χ2n) is 7.85. The van der Waals surface area contributed by atoms with E-state index in [4.69, 9.17) is 0 Å². The van der Waals surface area contributed by atoms with Crippen LogP contribution in [0, 0.1) is 12.8 Å². The van der Waals surface area contributed by atoms with Crippen molar-refractivity contribution < 1.29 is 9.59 Å². The molecule has 3 heterocycles. The van der Waals surface area contributed by atoms with Crippen molar-refractivity contribution in [1.82, 2.24) is 19.4 Å². The predicted molar refractivity (Wildman–Crippen MR) is 93.9 cm³/mol. The molecule has 2 saturated heterocycles. The van der Waals surface area contributed by atoms with E-state index in [1.165, 1.54) is 12.8 Å². The lowest BCUT2D eigenvalue weighted by Gasteiger charge is -2.35. The fraction of sp³-hybridized carbons (Fsp3) is 0.737. The molecule has 0 radical (unpaired) electrons. The molecule has 25 heavy (non-hydrogen) atoms. The third-order valence-electron chi connectivity index (χ3n) is 6.24. The monoisotopic (exact) mass is 344 g/mol. The number of carbonyl (C=O) groups excluding carboxylic acids is 2. The molecule has 1 aromatic rings. The number of hydrogen-bond acceptors (Lipinski definition) is 3. The Labute approximate surface area is 149 Å². The second-order valence-corrected chi connectivity index (χ2v) is 7.85. The van der Waals surface area contributed by atoms with Crippen LogP contribution in [0.3, 0.4) is 0 Å². The lowest BCUT2D eigenvalue weighted by Crippen LogP contribution is -2.44. The Bertz CT molecular complexity index is 650. The standard InChI is InChI=1S/C19H28N4O2/c1-14-20-8-10-22(14)17-7-4-9-21(13-17)19(25)15-11-18(24)23(12-15)16-5-2-3-6-16/h8,10,15-17H,2-7,9,11-13H2,1H3/t15-,17-/m0/s1. The maximum absolute atomic E-state index is 13.0. The van der Waals surface area contributed by atoms with Gasteiger partial charge in [0.1, 0.15) is 5.82 Å². The summed E-state index contributed by atoms with van der Waals surface area (Å²) in [6.07, 6.45) is 11.0. The maximum Gasteiger partial charge on any atom is 0.228 e. The van der Waals surface area contributed by atoms with E-state index in [1.807, 2.05) is 29.1 Å². The Hall–Kier alpha value is -1.85. The lowest BCUT2D eigenvalue weighted by atomic mass is 10.0. The van der Waals surface area contributed by atoms with Crippen LogP contribution in [0.25, 0.3) is 0 Å². The summed E-state index contributed by atoms with van der Waals surface area (Å²) < 4.78 is 2.18. The summed E-state index contributed by atoms with van der Waals surface area (Å²) in [7, 11) is 0. The molecule has 2 atom stereocenters. The van der Waals surface area contributed by atoms with Crippen LogP contribution in [0.4, 0.5) is 0 Å². The number of piperidine rings is 1. The van der Waals surface area contributed by atoms with Crippen LogP contribution >= 0.6 is 0 Å². The molecule has 6 heteroatoms. The van der Waals surface area contributed by atoms with Gasteiger partial charge in [0.05, 0.1) is 12.0 Å². The number of amides is 2. The van der Waals surface area contributed by atoms with E-state index in [9.17, 15) is 9.59 Å². The van der Waals surface area contributed by atoms with Gasteiger partial charge in [0.2, 0.25) is 11.8 Å². The summed E-state index contributed by atoms with van der Waals surface area (Å²) in [6, 6.07) is 0.691. The summed E-state index contributed by atoms with van der Waals surface area (Å²) in [5.41, 5.74) is 0. The molecule has 0 unspecified atom stereocenters. The number of aromatic nitrogens is 2. The van der Waals surface area contributed by atoms with Gasteiger partial charge in [-0.15, -0.1) is 0 Å². The molecule has 0 spiro atoms. The van der Waals surface area contributed by atoms with E-state index in [2.05, 4.69) is 9.55 Å². The molecule has 0 aromatic carbocycles. The van der Waals surface area contributed by atoms with Crippen molar-refractivity contribution in [3.05, 3.63) is 18.2 Å². The first-order valence-electron chi connectivity index (χ1n) is 9.71. The molecule has 4 rings (SSSR count). The molecule has 2 amide bonds. The third-order valence-corrected chi connectivity index (χ3v) is 6.24. The van der Waals surface area contributed by atoms with Crippen molar-refractivity contribution in [2.45, 2.75) is 64.0 Å². The van der Waals surface area contributed by atoms with Crippen LogP contribution in [-0.2, 0) is 9.59 Å². The fourth-order valence-electron chi connectivity index (χ4n) is 4.88. The number of carbonyl (C=O) groups is 2. The molecule has 1 saturated carbocycles. The van der Waals surface area contributed by atoms with Gasteiger partial charge >= 0.3 is 0 Å². The van der Waals surface area contributed by atoms with Gasteiger partial charge in [-0.3, -0.25) is 9.59 Å². The average molecular weight is 344 g/mol. The number of nitrogens with zero attached hydrogens (tertiary/aromatic N) is 4. The Morgan fingerprint density at radius 1 is 1.12 bits per heavy atom. The quantitative estimate of drug-likeness (QED) is 0.844. The molecule has 2 aliphatic heterocycles. The first-order chi connectivity index (χ1) is 12.1. The molecule has 1 aliphatic carbocycles. The minimum absolute atomic E-state index is 0.143. The molecule has 136 valence electrons. The molecule has 3 fully saturated rings. The molecular formula is C19H28N4O2. The SMILES string of the molecule is Cc1nccn1[C@H]1CCCN(C(=O)[C@H]2CC(=O)N(C3CCCC3)C2)C1. The minimum Gasteiger partial charge on any atom is -0.340 e. The van der Waals surface area contributed by atoms with Crippen LogP contribution in [-0.4, -0.2) is 56.8 Å². The average Bonchev–Trinajstić information content (AvgIpc) is 3.35. The third kappa shape index (κ3) is 3.18. The normalized spacial score (nSPS) is 28.1. The van der Waals surface area contributed by atoms with Gasteiger partial charge in [0, 0.05) is 44.5 Å². The van der Waals surface area contributed by atoms with E-state index in [0.717, 1.165) is 44.6 Å². The highest BCUT2D eigenvalue weighted by molar-refractivity contribution is 5.89. The van der Waals surface area contributed by atoms with Crippen molar-refractivity contribution in [2.75, 3.05) is 19.6 Å². The van der Waals surface area contributed by atoms with Gasteiger partial charge in [-0.1, -0.05) is 12.8 Å². The Kier molecular flexibility index (Phi) is 4.52. The number of likely N-dealkylation sites (tertiary alicyclic amines) is 2. The number of rotatable bonds is 3. The molecule has 1 aromatic heterocycles. The Morgan fingerprint density at radius 2 is 1.88 bits per heavy atom. The summed E-state index contributed by atoms with van der Waals surface area (Å²) in [5, 5.41) is 0. The molecule has 6 nitrogen and oxygen atoms in total. The molecule has 3 aliphatic rings. The Balaban J connectivity index is 1.40. The zero-order valence-electron chi connectivity index (χ0n) is 15.1. The summed E-state index contributed by atoms with van der Waals surface area (Å²) in [4.78, 5) is 33.7. The largest absolute Gasteiger partial charge is 0.340 e. The van der Waals surface area contributed by atoms with Gasteiger partial charge in [0.15, 0.2) is 0 Å². The van der Waals surface area contributed by atoms with Crippen molar-refractivity contribution in [1.29, 1.82) is 0 Å². The number of imidazole rings is 1. The zero-order chi connectivity index (χ0) is 17.4. The highest BCUT2D eigenvalue weighted by atomic mass is 16.2. The number of aryl methyl sites for hydroxylation is 1. The molecule has 0 bridgehead atoms. The zero-order valence-corrected chi connectivity index (χ0v) is 15.1. The van der Waals surface area contributed by atoms with E-state index >= 15 is 0 Å². The van der Waals surface area contributed by atoms with Gasteiger partial charge < -0.3 is 14.4 Å². The van der Waals surface area contributed by atoms with Gasteiger partial charge in [-0.25, -0.2) is 4.98 Å². The van der Waals surface area contributed by atoms with Gasteiger partial charge in [-0.05, 0) is 32.6 Å². The highest BCUT2D eigenvalue weighted by Crippen LogP contribution is 2.31. The lowest BCUT2D eigenvalue weighted by molar-refractivity contribution is -0.137. The highest BCUT2D eigenvalue weighted by Gasteiger charge is 2.40. The minimum atomic E-state index is -0.143. The van der Waals surface area contributed by atoms with Crippen molar-refractivity contribution in [3.63, 3.8) is 0 Å². The number of hydrogen-bond donors (Lipinski definition) is 0. The van der Waals surface area contributed by atoms with Crippen molar-refractivity contribution in [3.8, 4) is 0 Å². The summed E-state index contributed by atoms with van der Waals surface area (Å²) >= 11 is 0. The first-order valence-corrected chi connectivity index (χ1v) is 9.71. The second kappa shape index (κ2) is 6.81. The molecular weight excluding hydrogens is 316 g/mol. The predicted octanol–water partition coefficient (Wildman–Crippen LogP) is 2.15. The van der Waals surface area contributed by atoms with Gasteiger partial charge in [-0.2, -0.15) is 0 Å². The summed E-state index contributed by atoms with van der Waals surface area (Å²) in [6.45, 7) is 4.20. The van der Waals surface area contributed by atoms with Crippen molar-refractivity contribution >= 4 is 11.8 Å². The van der Waals surface area contributed by atoms with E-state index < -0.39 is 0 Å². The maximum atomic E-state index is 13.0. The van der Waals surface area contributed by atoms with E-state index in [1.54, 1.807) is 0 Å². The Morgan fingerprint density at radius 3 is 2.60 bits per heavy atom. The van der Waals surface area contributed by atoms with Crippen LogP contribution < -0.4 is 0 Å². The van der Waals surface area contributed by atoms with Crippen molar-refractivity contribution in [2.24, 2.45) is 5.92 Å². The van der Waals surface area contributed by atoms with Crippen LogP contribution in [0.2, 0.25) is 0 Å².